The number of pyridine rings is 2. The number of primary sulfonamides is 1. The van der Waals surface area contributed by atoms with E-state index in [2.05, 4.69) is 47.3 Å². The van der Waals surface area contributed by atoms with Crippen LogP contribution in [0.25, 0.3) is 11.1 Å². The number of nitrogens with zero attached hydrogens (tertiary/aromatic N) is 2. The number of methoxy groups -OCH3 is 1. The first kappa shape index (κ1) is 26.3. The molecule has 1 atom stereocenters. The highest BCUT2D eigenvalue weighted by Crippen LogP contribution is 2.32. The normalized spacial score (nSPS) is 12.2. The summed E-state index contributed by atoms with van der Waals surface area (Å²) in [6, 6.07) is 18.9. The molecule has 0 aliphatic carbocycles. The largest absolute Gasteiger partial charge is 0.495 e. The molecule has 2 aromatic heterocycles. The summed E-state index contributed by atoms with van der Waals surface area (Å²) in [5.41, 5.74) is 6.69. The molecule has 0 aliphatic rings. The monoisotopic (exact) mass is 516 g/mol. The summed E-state index contributed by atoms with van der Waals surface area (Å²) < 4.78 is 29.3. The van der Waals surface area contributed by atoms with Crippen molar-refractivity contribution in [3.63, 3.8) is 0 Å². The average Bonchev–Trinajstić information content (AvgIpc) is 2.89. The van der Waals surface area contributed by atoms with Gasteiger partial charge in [0.2, 0.25) is 10.0 Å². The van der Waals surface area contributed by atoms with Gasteiger partial charge in [-0.1, -0.05) is 38.1 Å². The third-order valence-electron chi connectivity index (χ3n) is 6.45. The molecule has 0 aliphatic heterocycles. The van der Waals surface area contributed by atoms with Crippen molar-refractivity contribution < 1.29 is 13.2 Å². The lowest BCUT2D eigenvalue weighted by Gasteiger charge is -2.17. The molecule has 0 bridgehead atoms. The number of hydrogen-bond donors (Lipinski definition) is 2. The molecule has 8 heteroatoms. The summed E-state index contributed by atoms with van der Waals surface area (Å²) >= 11 is 0. The van der Waals surface area contributed by atoms with Crippen LogP contribution in [-0.2, 0) is 22.9 Å². The summed E-state index contributed by atoms with van der Waals surface area (Å²) in [5, 5.41) is 8.67. The van der Waals surface area contributed by atoms with E-state index in [4.69, 9.17) is 9.88 Å². The van der Waals surface area contributed by atoms with Crippen LogP contribution in [0.1, 0.15) is 42.1 Å². The van der Waals surface area contributed by atoms with Crippen molar-refractivity contribution in [2.24, 2.45) is 5.14 Å². The maximum atomic E-state index is 11.8. The molecular formula is C29H32N4O3S. The number of aryl methyl sites for hydroxylation is 2. The van der Waals surface area contributed by atoms with Crippen LogP contribution in [0.3, 0.4) is 0 Å². The zero-order valence-electron chi connectivity index (χ0n) is 21.5. The Morgan fingerprint density at radius 1 is 1.00 bits per heavy atom. The Morgan fingerprint density at radius 3 is 2.46 bits per heavy atom. The van der Waals surface area contributed by atoms with E-state index in [1.54, 1.807) is 19.2 Å². The van der Waals surface area contributed by atoms with Gasteiger partial charge in [-0.25, -0.2) is 18.5 Å². The van der Waals surface area contributed by atoms with Crippen molar-refractivity contribution in [1.82, 2.24) is 9.97 Å². The van der Waals surface area contributed by atoms with Crippen LogP contribution in [-0.4, -0.2) is 25.5 Å². The van der Waals surface area contributed by atoms with Gasteiger partial charge in [-0.3, -0.25) is 4.98 Å². The molecule has 0 fully saturated rings. The Balaban J connectivity index is 1.55. The van der Waals surface area contributed by atoms with Crippen molar-refractivity contribution in [2.75, 3.05) is 12.4 Å². The van der Waals surface area contributed by atoms with Crippen molar-refractivity contribution in [2.45, 2.75) is 44.4 Å². The molecule has 0 saturated heterocycles. The van der Waals surface area contributed by atoms with Crippen LogP contribution < -0.4 is 15.2 Å². The molecule has 37 heavy (non-hydrogen) atoms. The molecule has 0 amide bonds. The summed E-state index contributed by atoms with van der Waals surface area (Å²) in [6.45, 7) is 6.16. The maximum absolute atomic E-state index is 11.8. The molecule has 0 spiro atoms. The summed E-state index contributed by atoms with van der Waals surface area (Å²) in [4.78, 5) is 9.15. The number of nitrogens with two attached hydrogens (primary N) is 1. The lowest BCUT2D eigenvalue weighted by atomic mass is 9.92. The number of nitrogens with one attached hydrogen (secondary N) is 1. The molecular weight excluding hydrogens is 484 g/mol. The van der Waals surface area contributed by atoms with E-state index in [0.29, 0.717) is 0 Å². The quantitative estimate of drug-likeness (QED) is 0.293. The van der Waals surface area contributed by atoms with Crippen LogP contribution in [0.2, 0.25) is 0 Å². The lowest BCUT2D eigenvalue weighted by molar-refractivity contribution is 0.416. The standard InChI is InChI=1S/C29H32N4O3S/c1-5-21-10-12-29(32-17-21)33-27-11-9-22(14-28(27)36-4)13-19(2)24-16-26(20(3)31-18-24)23-7-6-8-25(15-23)37(30,34)35/h6-12,14-19H,5,13H2,1-4H3,(H,32,33)(H2,30,34,35). The number of ether oxygens (including phenoxy) is 1. The molecule has 7 nitrogen and oxygen atoms in total. The second-order valence-corrected chi connectivity index (χ2v) is 10.7. The fourth-order valence-corrected chi connectivity index (χ4v) is 4.79. The molecule has 0 radical (unpaired) electrons. The van der Waals surface area contributed by atoms with E-state index >= 15 is 0 Å². The predicted octanol–water partition coefficient (Wildman–Crippen LogP) is 5.76. The number of hydrogen-bond acceptors (Lipinski definition) is 6. The third-order valence-corrected chi connectivity index (χ3v) is 7.37. The smallest absolute Gasteiger partial charge is 0.238 e. The Morgan fingerprint density at radius 2 is 1.78 bits per heavy atom. The van der Waals surface area contributed by atoms with Gasteiger partial charge < -0.3 is 10.1 Å². The molecule has 2 heterocycles. The average molecular weight is 517 g/mol. The van der Waals surface area contributed by atoms with Gasteiger partial charge in [-0.15, -0.1) is 0 Å². The molecule has 4 aromatic rings. The van der Waals surface area contributed by atoms with E-state index < -0.39 is 10.0 Å². The first-order valence-electron chi connectivity index (χ1n) is 12.2. The zero-order chi connectivity index (χ0) is 26.6. The zero-order valence-corrected chi connectivity index (χ0v) is 22.3. The second kappa shape index (κ2) is 11.1. The van der Waals surface area contributed by atoms with Crippen molar-refractivity contribution in [1.29, 1.82) is 0 Å². The third kappa shape index (κ3) is 6.34. The Kier molecular flexibility index (Phi) is 7.90. The van der Waals surface area contributed by atoms with E-state index in [-0.39, 0.29) is 10.8 Å². The molecule has 3 N–H and O–H groups in total. The molecule has 4 rings (SSSR count). The van der Waals surface area contributed by atoms with Crippen molar-refractivity contribution in [3.8, 4) is 16.9 Å². The topological polar surface area (TPSA) is 107 Å². The highest BCUT2D eigenvalue weighted by atomic mass is 32.2. The van der Waals surface area contributed by atoms with Crippen molar-refractivity contribution in [3.05, 3.63) is 95.4 Å². The first-order chi connectivity index (χ1) is 17.7. The maximum Gasteiger partial charge on any atom is 0.238 e. The molecule has 0 saturated carbocycles. The minimum Gasteiger partial charge on any atom is -0.495 e. The Labute approximate surface area is 218 Å². The van der Waals surface area contributed by atoms with Crippen molar-refractivity contribution >= 4 is 21.5 Å². The van der Waals surface area contributed by atoms with Crippen LogP contribution >= 0.6 is 0 Å². The molecule has 192 valence electrons. The Bertz CT molecular complexity index is 1500. The second-order valence-electron chi connectivity index (χ2n) is 9.14. The van der Waals surface area contributed by atoms with Gasteiger partial charge in [0.05, 0.1) is 17.7 Å². The fraction of sp³-hybridized carbons (Fsp3) is 0.241. The summed E-state index contributed by atoms with van der Waals surface area (Å²) in [7, 11) is -2.13. The molecule has 2 aromatic carbocycles. The molecule has 1 unspecified atom stereocenters. The van der Waals surface area contributed by atoms with E-state index in [0.717, 1.165) is 58.0 Å². The number of sulfonamides is 1. The highest BCUT2D eigenvalue weighted by molar-refractivity contribution is 7.89. The van der Waals surface area contributed by atoms with Gasteiger partial charge in [-0.2, -0.15) is 0 Å². The van der Waals surface area contributed by atoms with E-state index in [1.165, 1.54) is 11.6 Å². The first-order valence-corrected chi connectivity index (χ1v) is 13.7. The number of benzene rings is 2. The van der Waals surface area contributed by atoms with E-state index in [1.807, 2.05) is 43.6 Å². The summed E-state index contributed by atoms with van der Waals surface area (Å²) in [6.07, 6.45) is 5.48. The number of rotatable bonds is 9. The van der Waals surface area contributed by atoms with Crippen LogP contribution in [0, 0.1) is 6.92 Å². The van der Waals surface area contributed by atoms with Gasteiger partial charge in [0.15, 0.2) is 0 Å². The van der Waals surface area contributed by atoms with Gasteiger partial charge >= 0.3 is 0 Å². The SMILES string of the molecule is CCc1ccc(Nc2ccc(CC(C)c3cnc(C)c(-c4cccc(S(N)(=O)=O)c4)c3)cc2OC)nc1. The minimum absolute atomic E-state index is 0.0835. The van der Waals surface area contributed by atoms with Gasteiger partial charge in [0.25, 0.3) is 0 Å². The number of aromatic nitrogens is 2. The minimum atomic E-state index is -3.79. The summed E-state index contributed by atoms with van der Waals surface area (Å²) in [5.74, 6) is 1.68. The van der Waals surface area contributed by atoms with Gasteiger partial charge in [-0.05, 0) is 84.3 Å². The van der Waals surface area contributed by atoms with Crippen LogP contribution in [0.4, 0.5) is 11.5 Å². The van der Waals surface area contributed by atoms with Crippen LogP contribution in [0.15, 0.2) is 78.0 Å². The Hall–Kier alpha value is -3.75. The highest BCUT2D eigenvalue weighted by Gasteiger charge is 2.15. The predicted molar refractivity (Wildman–Crippen MR) is 148 cm³/mol. The van der Waals surface area contributed by atoms with E-state index in [9.17, 15) is 8.42 Å². The van der Waals surface area contributed by atoms with Gasteiger partial charge in [0.1, 0.15) is 11.6 Å². The van der Waals surface area contributed by atoms with Crippen LogP contribution in [0.5, 0.6) is 5.75 Å². The fourth-order valence-electron chi connectivity index (χ4n) is 4.23. The van der Waals surface area contributed by atoms with Gasteiger partial charge in [0, 0.05) is 23.7 Å². The lowest BCUT2D eigenvalue weighted by Crippen LogP contribution is -2.12. The number of anilines is 2.